The first-order chi connectivity index (χ1) is 9.51. The molecule has 0 rings (SSSR count). The number of hydrogen-bond donors (Lipinski definition) is 2. The van der Waals surface area contributed by atoms with Gasteiger partial charge in [0.1, 0.15) is 5.60 Å². The molecular formula is C16H35N3O2. The lowest BCUT2D eigenvalue weighted by molar-refractivity contribution is 0.0514. The predicted octanol–water partition coefficient (Wildman–Crippen LogP) is 2.32. The second-order valence-corrected chi connectivity index (χ2v) is 7.46. The van der Waals surface area contributed by atoms with Crippen LogP contribution in [0.1, 0.15) is 41.5 Å². The number of alkyl carbamates (subject to hydrolysis) is 1. The van der Waals surface area contributed by atoms with Gasteiger partial charge >= 0.3 is 6.09 Å². The fourth-order valence-corrected chi connectivity index (χ4v) is 2.04. The van der Waals surface area contributed by atoms with E-state index >= 15 is 0 Å². The van der Waals surface area contributed by atoms with Gasteiger partial charge in [-0.1, -0.05) is 13.8 Å². The van der Waals surface area contributed by atoms with Crippen molar-refractivity contribution in [2.45, 2.75) is 53.2 Å². The van der Waals surface area contributed by atoms with E-state index in [1.54, 1.807) is 0 Å². The van der Waals surface area contributed by atoms with Crippen molar-refractivity contribution in [1.82, 2.24) is 15.5 Å². The summed E-state index contributed by atoms with van der Waals surface area (Å²) in [6.45, 7) is 14.7. The van der Waals surface area contributed by atoms with E-state index < -0.39 is 5.60 Å². The number of nitrogens with one attached hydrogen (secondary N) is 2. The Morgan fingerprint density at radius 1 is 1.14 bits per heavy atom. The van der Waals surface area contributed by atoms with E-state index in [0.717, 1.165) is 13.1 Å². The summed E-state index contributed by atoms with van der Waals surface area (Å²) in [4.78, 5) is 13.9. The van der Waals surface area contributed by atoms with Crippen LogP contribution in [0.25, 0.3) is 0 Å². The van der Waals surface area contributed by atoms with Gasteiger partial charge in [0.15, 0.2) is 0 Å². The fourth-order valence-electron chi connectivity index (χ4n) is 2.04. The molecule has 0 aromatic rings. The number of hydrogen-bond acceptors (Lipinski definition) is 4. The average molecular weight is 301 g/mol. The SMILES string of the molecule is CC(CN(C)C)NCC(CNC(=O)OC(C)(C)C)C(C)C. The Bertz CT molecular complexity index is 298. The third-order valence-corrected chi connectivity index (χ3v) is 3.22. The first-order valence-corrected chi connectivity index (χ1v) is 7.86. The van der Waals surface area contributed by atoms with Crippen molar-refractivity contribution in [3.05, 3.63) is 0 Å². The Hall–Kier alpha value is -0.810. The molecule has 0 aliphatic heterocycles. The van der Waals surface area contributed by atoms with Crippen LogP contribution in [-0.4, -0.2) is 56.4 Å². The highest BCUT2D eigenvalue weighted by Crippen LogP contribution is 2.10. The van der Waals surface area contributed by atoms with Crippen LogP contribution in [-0.2, 0) is 4.74 Å². The van der Waals surface area contributed by atoms with Crippen LogP contribution in [0.2, 0.25) is 0 Å². The molecule has 0 spiro atoms. The standard InChI is InChI=1S/C16H35N3O2/c1-12(2)14(9-17-13(3)11-19(7)8)10-18-15(20)21-16(4,5)6/h12-14,17H,9-11H2,1-8H3,(H,18,20). The van der Waals surface area contributed by atoms with E-state index in [0.29, 0.717) is 24.4 Å². The van der Waals surface area contributed by atoms with Gasteiger partial charge in [0.2, 0.25) is 0 Å². The van der Waals surface area contributed by atoms with Gasteiger partial charge in [0, 0.05) is 25.7 Å². The summed E-state index contributed by atoms with van der Waals surface area (Å²) >= 11 is 0. The number of nitrogens with zero attached hydrogens (tertiary/aromatic N) is 1. The summed E-state index contributed by atoms with van der Waals surface area (Å²) < 4.78 is 5.27. The van der Waals surface area contributed by atoms with Crippen LogP contribution in [0.5, 0.6) is 0 Å². The molecule has 0 saturated heterocycles. The third kappa shape index (κ3) is 11.5. The van der Waals surface area contributed by atoms with Gasteiger partial charge in [0.25, 0.3) is 0 Å². The predicted molar refractivity (Wildman–Crippen MR) is 88.6 cm³/mol. The summed E-state index contributed by atoms with van der Waals surface area (Å²) in [5.41, 5.74) is -0.449. The molecule has 0 radical (unpaired) electrons. The molecule has 0 aromatic carbocycles. The van der Waals surface area contributed by atoms with E-state index in [1.807, 2.05) is 20.8 Å². The highest BCUT2D eigenvalue weighted by atomic mass is 16.6. The van der Waals surface area contributed by atoms with Crippen LogP contribution in [0.15, 0.2) is 0 Å². The Morgan fingerprint density at radius 3 is 2.14 bits per heavy atom. The summed E-state index contributed by atoms with van der Waals surface area (Å²) in [6.07, 6.45) is -0.338. The second-order valence-electron chi connectivity index (χ2n) is 7.46. The van der Waals surface area contributed by atoms with Gasteiger partial charge in [-0.3, -0.25) is 0 Å². The van der Waals surface area contributed by atoms with E-state index in [1.165, 1.54) is 0 Å². The molecule has 0 fully saturated rings. The molecule has 2 atom stereocenters. The summed E-state index contributed by atoms with van der Waals surface area (Å²) in [6, 6.07) is 0.433. The van der Waals surface area contributed by atoms with Crippen molar-refractivity contribution >= 4 is 6.09 Å². The highest BCUT2D eigenvalue weighted by Gasteiger charge is 2.19. The first-order valence-electron chi connectivity index (χ1n) is 7.86. The molecule has 0 bridgehead atoms. The molecule has 0 aliphatic rings. The molecule has 0 aromatic heterocycles. The van der Waals surface area contributed by atoms with Gasteiger partial charge in [-0.25, -0.2) is 4.79 Å². The first kappa shape index (κ1) is 20.2. The van der Waals surface area contributed by atoms with Gasteiger partial charge in [0.05, 0.1) is 0 Å². The van der Waals surface area contributed by atoms with Crippen LogP contribution >= 0.6 is 0 Å². The lowest BCUT2D eigenvalue weighted by atomic mass is 9.95. The van der Waals surface area contributed by atoms with Crippen LogP contribution < -0.4 is 10.6 Å². The quantitative estimate of drug-likeness (QED) is 0.722. The third-order valence-electron chi connectivity index (χ3n) is 3.22. The molecule has 0 saturated carbocycles. The number of rotatable bonds is 8. The molecule has 21 heavy (non-hydrogen) atoms. The average Bonchev–Trinajstić information content (AvgIpc) is 2.24. The number of likely N-dealkylation sites (N-methyl/N-ethyl adjacent to an activating group) is 1. The van der Waals surface area contributed by atoms with Crippen molar-refractivity contribution in [2.75, 3.05) is 33.7 Å². The largest absolute Gasteiger partial charge is 0.444 e. The zero-order valence-electron chi connectivity index (χ0n) is 15.1. The minimum absolute atomic E-state index is 0.338. The number of ether oxygens (including phenoxy) is 1. The molecule has 126 valence electrons. The number of amides is 1. The van der Waals surface area contributed by atoms with Crippen LogP contribution in [0.3, 0.4) is 0 Å². The lowest BCUT2D eigenvalue weighted by Gasteiger charge is -2.26. The topological polar surface area (TPSA) is 53.6 Å². The summed E-state index contributed by atoms with van der Waals surface area (Å²) in [7, 11) is 4.14. The van der Waals surface area contributed by atoms with Gasteiger partial charge in [-0.15, -0.1) is 0 Å². The normalized spacial score (nSPS) is 15.1. The van der Waals surface area contributed by atoms with Crippen LogP contribution in [0, 0.1) is 11.8 Å². The molecule has 1 amide bonds. The van der Waals surface area contributed by atoms with Gasteiger partial charge in [-0.2, -0.15) is 0 Å². The Morgan fingerprint density at radius 2 is 1.71 bits per heavy atom. The Kier molecular flexibility index (Phi) is 8.90. The molecule has 2 N–H and O–H groups in total. The second kappa shape index (κ2) is 9.26. The maximum Gasteiger partial charge on any atom is 0.407 e. The number of carbonyl (C=O) groups excluding carboxylic acids is 1. The van der Waals surface area contributed by atoms with Gasteiger partial charge < -0.3 is 20.3 Å². The molecule has 0 heterocycles. The monoisotopic (exact) mass is 301 g/mol. The highest BCUT2D eigenvalue weighted by molar-refractivity contribution is 5.67. The number of carbonyl (C=O) groups is 1. The van der Waals surface area contributed by atoms with Crippen molar-refractivity contribution in [3.8, 4) is 0 Å². The van der Waals surface area contributed by atoms with E-state index in [-0.39, 0.29) is 6.09 Å². The van der Waals surface area contributed by atoms with Crippen molar-refractivity contribution < 1.29 is 9.53 Å². The van der Waals surface area contributed by atoms with E-state index in [2.05, 4.69) is 50.4 Å². The van der Waals surface area contributed by atoms with Crippen molar-refractivity contribution in [1.29, 1.82) is 0 Å². The molecule has 5 heteroatoms. The summed E-state index contributed by atoms with van der Waals surface area (Å²) in [5, 5.41) is 6.41. The smallest absolute Gasteiger partial charge is 0.407 e. The van der Waals surface area contributed by atoms with E-state index in [9.17, 15) is 4.79 Å². The molecule has 2 unspecified atom stereocenters. The maximum absolute atomic E-state index is 11.7. The molecule has 5 nitrogen and oxygen atoms in total. The summed E-state index contributed by atoms with van der Waals surface area (Å²) in [5.74, 6) is 0.890. The van der Waals surface area contributed by atoms with Crippen LogP contribution in [0.4, 0.5) is 4.79 Å². The zero-order chi connectivity index (χ0) is 16.6. The Labute approximate surface area is 130 Å². The van der Waals surface area contributed by atoms with E-state index in [4.69, 9.17) is 4.74 Å². The maximum atomic E-state index is 11.7. The molecular weight excluding hydrogens is 266 g/mol. The van der Waals surface area contributed by atoms with Crippen molar-refractivity contribution in [3.63, 3.8) is 0 Å². The lowest BCUT2D eigenvalue weighted by Crippen LogP contribution is -2.43. The Balaban J connectivity index is 4.17. The zero-order valence-corrected chi connectivity index (χ0v) is 15.1. The fraction of sp³-hybridized carbons (Fsp3) is 0.938. The minimum atomic E-state index is -0.449. The van der Waals surface area contributed by atoms with Crippen molar-refractivity contribution in [2.24, 2.45) is 11.8 Å². The minimum Gasteiger partial charge on any atom is -0.444 e. The van der Waals surface area contributed by atoms with Gasteiger partial charge in [-0.05, 0) is 53.6 Å². The molecule has 0 aliphatic carbocycles.